The molecule has 2 aromatic rings. The number of nitrogens with zero attached hydrogens (tertiary/aromatic N) is 1. The lowest BCUT2D eigenvalue weighted by atomic mass is 10.2. The molecule has 0 spiro atoms. The number of hydrogen-bond donors (Lipinski definition) is 3. The van der Waals surface area contributed by atoms with Gasteiger partial charge in [-0.2, -0.15) is 0 Å². The van der Waals surface area contributed by atoms with Crippen LogP contribution in [-0.4, -0.2) is 42.7 Å². The van der Waals surface area contributed by atoms with E-state index in [0.717, 1.165) is 0 Å². The van der Waals surface area contributed by atoms with Crippen molar-refractivity contribution >= 4 is 28.2 Å². The van der Waals surface area contributed by atoms with Crippen LogP contribution in [0.15, 0.2) is 53.6 Å². The molecule has 0 bridgehead atoms. The van der Waals surface area contributed by atoms with Crippen LogP contribution in [0.1, 0.15) is 22.5 Å². The maximum absolute atomic E-state index is 12.1. The molecular weight excluding hydrogens is 374 g/mol. The number of aldehydes is 1. The van der Waals surface area contributed by atoms with E-state index in [-0.39, 0.29) is 17.0 Å². The number of carboxylic acid groups (broad SMARTS) is 1. The minimum atomic E-state index is -3.68. The van der Waals surface area contributed by atoms with Crippen LogP contribution >= 0.6 is 0 Å². The van der Waals surface area contributed by atoms with E-state index in [1.54, 1.807) is 18.2 Å². The molecule has 27 heavy (non-hydrogen) atoms. The fraction of sp³-hybridized carbons (Fsp3) is 0.176. The van der Waals surface area contributed by atoms with Gasteiger partial charge in [-0.1, -0.05) is 18.2 Å². The van der Waals surface area contributed by atoms with Gasteiger partial charge in [-0.15, -0.1) is 0 Å². The second-order valence-electron chi connectivity index (χ2n) is 5.49. The predicted molar refractivity (Wildman–Crippen MR) is 94.3 cm³/mol. The molecule has 0 unspecified atom stereocenters. The van der Waals surface area contributed by atoms with Gasteiger partial charge in [0.1, 0.15) is 6.29 Å². The molecule has 3 N–H and O–H groups in total. The van der Waals surface area contributed by atoms with Crippen molar-refractivity contribution in [2.75, 3.05) is 0 Å². The van der Waals surface area contributed by atoms with Crippen molar-refractivity contribution in [1.29, 1.82) is 0 Å². The smallest absolute Gasteiger partial charge is 0.305 e. The molecule has 0 aliphatic heterocycles. The van der Waals surface area contributed by atoms with Crippen LogP contribution < -0.4 is 10.0 Å². The summed E-state index contributed by atoms with van der Waals surface area (Å²) in [5.74, 6) is -1.87. The van der Waals surface area contributed by atoms with E-state index in [2.05, 4.69) is 15.0 Å². The second-order valence-corrected chi connectivity index (χ2v) is 7.26. The average Bonchev–Trinajstić information content (AvgIpc) is 2.66. The van der Waals surface area contributed by atoms with Gasteiger partial charge in [-0.3, -0.25) is 14.6 Å². The molecule has 1 aromatic heterocycles. The topological polar surface area (TPSA) is 143 Å². The normalized spacial score (nSPS) is 12.1. The van der Waals surface area contributed by atoms with Crippen LogP contribution in [0, 0.1) is 0 Å². The first kappa shape index (κ1) is 20.2. The summed E-state index contributed by atoms with van der Waals surface area (Å²) in [5.41, 5.74) is 0.491. The number of nitrogens with one attached hydrogen (secondary N) is 2. The Balaban J connectivity index is 1.97. The minimum absolute atomic E-state index is 0.0743. The van der Waals surface area contributed by atoms with Gasteiger partial charge < -0.3 is 15.2 Å². The van der Waals surface area contributed by atoms with Gasteiger partial charge in [0.2, 0.25) is 10.0 Å². The number of carbonyl (C=O) groups is 3. The minimum Gasteiger partial charge on any atom is -0.481 e. The van der Waals surface area contributed by atoms with E-state index >= 15 is 0 Å². The second kappa shape index (κ2) is 9.01. The molecular formula is C17H17N3O6S. The molecule has 1 heterocycles. The van der Waals surface area contributed by atoms with Crippen LogP contribution in [0.4, 0.5) is 0 Å². The third-order valence-corrected chi connectivity index (χ3v) is 4.88. The number of carbonyl (C=O) groups excluding carboxylic acids is 2. The zero-order valence-corrected chi connectivity index (χ0v) is 14.8. The van der Waals surface area contributed by atoms with Gasteiger partial charge in [-0.25, -0.2) is 13.1 Å². The Morgan fingerprint density at radius 1 is 1.15 bits per heavy atom. The molecule has 1 amide bonds. The molecule has 9 nitrogen and oxygen atoms in total. The van der Waals surface area contributed by atoms with Gasteiger partial charge in [0, 0.05) is 6.20 Å². The summed E-state index contributed by atoms with van der Waals surface area (Å²) in [6, 6.07) is 9.55. The number of rotatable bonds is 9. The summed E-state index contributed by atoms with van der Waals surface area (Å²) in [4.78, 5) is 37.5. The lowest BCUT2D eigenvalue weighted by molar-refractivity contribution is -0.138. The molecule has 0 fully saturated rings. The number of benzene rings is 1. The van der Waals surface area contributed by atoms with Crippen LogP contribution in [0.3, 0.4) is 0 Å². The summed E-state index contributed by atoms with van der Waals surface area (Å²) in [7, 11) is -3.68. The Morgan fingerprint density at radius 2 is 1.85 bits per heavy atom. The molecule has 2 rings (SSSR count). The van der Waals surface area contributed by atoms with E-state index in [1.165, 1.54) is 30.5 Å². The Morgan fingerprint density at radius 3 is 2.41 bits per heavy atom. The zero-order chi connectivity index (χ0) is 19.9. The van der Waals surface area contributed by atoms with Crippen molar-refractivity contribution in [3.8, 4) is 0 Å². The first-order valence-electron chi connectivity index (χ1n) is 7.79. The van der Waals surface area contributed by atoms with Gasteiger partial charge in [0.25, 0.3) is 5.91 Å². The Hall–Kier alpha value is -3.11. The van der Waals surface area contributed by atoms with Crippen molar-refractivity contribution in [3.63, 3.8) is 0 Å². The molecule has 142 valence electrons. The predicted octanol–water partition coefficient (Wildman–Crippen LogP) is 0.332. The summed E-state index contributed by atoms with van der Waals surface area (Å²) in [5, 5.41) is 10.9. The number of amides is 1. The molecule has 1 aromatic carbocycles. The first-order valence-corrected chi connectivity index (χ1v) is 9.28. The third-order valence-electron chi connectivity index (χ3n) is 3.46. The number of aliphatic carboxylic acids is 1. The molecule has 0 aliphatic rings. The number of aromatic nitrogens is 1. The summed E-state index contributed by atoms with van der Waals surface area (Å²) in [6.45, 7) is -0.0743. The molecule has 10 heteroatoms. The van der Waals surface area contributed by atoms with E-state index in [4.69, 9.17) is 5.11 Å². The fourth-order valence-corrected chi connectivity index (χ4v) is 3.11. The van der Waals surface area contributed by atoms with Crippen molar-refractivity contribution in [3.05, 3.63) is 59.9 Å². The fourth-order valence-electron chi connectivity index (χ4n) is 2.09. The molecule has 0 radical (unpaired) electrons. The number of hydrogen-bond acceptors (Lipinski definition) is 6. The monoisotopic (exact) mass is 391 g/mol. The zero-order valence-electron chi connectivity index (χ0n) is 14.0. The number of pyridine rings is 1. The number of sulfonamides is 1. The maximum atomic E-state index is 12.1. The van der Waals surface area contributed by atoms with Crippen molar-refractivity contribution in [2.24, 2.45) is 0 Å². The summed E-state index contributed by atoms with van der Waals surface area (Å²) >= 11 is 0. The van der Waals surface area contributed by atoms with Crippen LogP contribution in [0.2, 0.25) is 0 Å². The third kappa shape index (κ3) is 5.97. The van der Waals surface area contributed by atoms with Gasteiger partial charge >= 0.3 is 5.97 Å². The quantitative estimate of drug-likeness (QED) is 0.523. The van der Waals surface area contributed by atoms with Gasteiger partial charge in [0.15, 0.2) is 0 Å². The Kier molecular flexibility index (Phi) is 6.74. The molecule has 0 saturated heterocycles. The standard InChI is InChI=1S/C17H17N3O6S/c21-11-14(8-16(22)23)20-17(24)12-6-7-13(18-9-12)10-19-27(25,26)15-4-2-1-3-5-15/h1-7,9,11,14,19H,8,10H2,(H,20,24)(H,22,23)/t14-/m0/s1. The SMILES string of the molecule is O=C[C@H](CC(=O)O)NC(=O)c1ccc(CNS(=O)(=O)c2ccccc2)nc1. The Labute approximate surface area is 155 Å². The van der Waals surface area contributed by atoms with Gasteiger partial charge in [-0.05, 0) is 24.3 Å². The van der Waals surface area contributed by atoms with E-state index in [1.807, 2.05) is 0 Å². The van der Waals surface area contributed by atoms with Crippen LogP contribution in [-0.2, 0) is 26.2 Å². The van der Waals surface area contributed by atoms with E-state index in [0.29, 0.717) is 12.0 Å². The lowest BCUT2D eigenvalue weighted by Gasteiger charge is -2.11. The Bertz CT molecular complexity index is 913. The first-order chi connectivity index (χ1) is 12.8. The largest absolute Gasteiger partial charge is 0.481 e. The highest BCUT2D eigenvalue weighted by Crippen LogP contribution is 2.08. The van der Waals surface area contributed by atoms with Crippen LogP contribution in [0.25, 0.3) is 0 Å². The summed E-state index contributed by atoms with van der Waals surface area (Å²) < 4.78 is 26.7. The van der Waals surface area contributed by atoms with Crippen LogP contribution in [0.5, 0.6) is 0 Å². The lowest BCUT2D eigenvalue weighted by Crippen LogP contribution is -2.37. The highest BCUT2D eigenvalue weighted by atomic mass is 32.2. The molecule has 0 saturated carbocycles. The van der Waals surface area contributed by atoms with Crippen molar-refractivity contribution in [1.82, 2.24) is 15.0 Å². The van der Waals surface area contributed by atoms with E-state index in [9.17, 15) is 22.8 Å². The van der Waals surface area contributed by atoms with E-state index < -0.39 is 34.4 Å². The molecule has 1 atom stereocenters. The average molecular weight is 391 g/mol. The summed E-state index contributed by atoms with van der Waals surface area (Å²) in [6.07, 6.45) is 1.03. The maximum Gasteiger partial charge on any atom is 0.305 e. The van der Waals surface area contributed by atoms with Crippen molar-refractivity contribution in [2.45, 2.75) is 23.9 Å². The highest BCUT2D eigenvalue weighted by Gasteiger charge is 2.17. The van der Waals surface area contributed by atoms with Gasteiger partial charge in [0.05, 0.1) is 35.2 Å². The van der Waals surface area contributed by atoms with Crippen molar-refractivity contribution < 1.29 is 27.9 Å². The molecule has 0 aliphatic carbocycles. The number of carboxylic acids is 1. The highest BCUT2D eigenvalue weighted by molar-refractivity contribution is 7.89.